The third-order valence-corrected chi connectivity index (χ3v) is 8.01. The Morgan fingerprint density at radius 3 is 2.39 bits per heavy atom. The lowest BCUT2D eigenvalue weighted by Gasteiger charge is -2.43. The first-order valence-corrected chi connectivity index (χ1v) is 13.2. The van der Waals surface area contributed by atoms with Crippen molar-refractivity contribution in [1.82, 2.24) is 24.9 Å². The molecule has 2 aliphatic heterocycles. The number of nitro benzene ring substituents is 1. The summed E-state index contributed by atoms with van der Waals surface area (Å²) in [5.41, 5.74) is 0.305. The summed E-state index contributed by atoms with van der Waals surface area (Å²) in [6.45, 7) is 6.21. The quantitative estimate of drug-likeness (QED) is 0.452. The first-order valence-electron chi connectivity index (χ1n) is 13.2. The summed E-state index contributed by atoms with van der Waals surface area (Å²) in [6, 6.07) is 8.04. The second-order valence-electron chi connectivity index (χ2n) is 10.4. The predicted molar refractivity (Wildman–Crippen MR) is 139 cm³/mol. The van der Waals surface area contributed by atoms with Crippen LogP contribution in [-0.2, 0) is 11.3 Å². The Kier molecular flexibility index (Phi) is 6.80. The smallest absolute Gasteiger partial charge is 0.274 e. The van der Waals surface area contributed by atoms with Gasteiger partial charge in [-0.25, -0.2) is 0 Å². The second-order valence-corrected chi connectivity index (χ2v) is 10.4. The Balaban J connectivity index is 1.28. The van der Waals surface area contributed by atoms with E-state index in [-0.39, 0.29) is 41.7 Å². The van der Waals surface area contributed by atoms with Crippen LogP contribution in [-0.4, -0.2) is 86.5 Å². The second kappa shape index (κ2) is 10.1. The van der Waals surface area contributed by atoms with E-state index in [1.165, 1.54) is 22.9 Å². The van der Waals surface area contributed by atoms with Gasteiger partial charge in [-0.2, -0.15) is 5.10 Å². The van der Waals surface area contributed by atoms with Crippen molar-refractivity contribution in [2.75, 3.05) is 37.6 Å². The van der Waals surface area contributed by atoms with Crippen LogP contribution in [0, 0.1) is 10.1 Å². The Morgan fingerprint density at radius 1 is 1.13 bits per heavy atom. The highest BCUT2D eigenvalue weighted by molar-refractivity contribution is 6.02. The molecule has 1 saturated carbocycles. The van der Waals surface area contributed by atoms with E-state index < -0.39 is 10.5 Å². The molecule has 2 fully saturated rings. The standard InChI is InChI=1S/C26H33N7O5/c1-3-31-24(35)22-16-21(28-32(22)17-26(31,2)25(36)27-18-6-4-5-7-18)23(34)30-14-12-29(13-15-30)19-8-10-20(11-9-19)33(37)38/h8-11,16,18H,3-7,12-15,17H2,1-2H3,(H,27,36). The molecule has 0 bridgehead atoms. The number of amides is 3. The summed E-state index contributed by atoms with van der Waals surface area (Å²) in [5, 5.41) is 18.5. The van der Waals surface area contributed by atoms with Crippen molar-refractivity contribution in [3.8, 4) is 0 Å². The first-order chi connectivity index (χ1) is 18.2. The van der Waals surface area contributed by atoms with Crippen molar-refractivity contribution >= 4 is 29.1 Å². The molecule has 5 rings (SSSR count). The summed E-state index contributed by atoms with van der Waals surface area (Å²) in [6.07, 6.45) is 4.08. The van der Waals surface area contributed by atoms with Gasteiger partial charge in [0.15, 0.2) is 5.69 Å². The minimum Gasteiger partial charge on any atom is -0.368 e. The number of nitrogens with zero attached hydrogens (tertiary/aromatic N) is 6. The molecule has 2 aromatic rings. The van der Waals surface area contributed by atoms with Crippen molar-refractivity contribution in [3.63, 3.8) is 0 Å². The molecule has 202 valence electrons. The zero-order valence-corrected chi connectivity index (χ0v) is 21.8. The van der Waals surface area contributed by atoms with Crippen molar-refractivity contribution in [2.24, 2.45) is 0 Å². The van der Waals surface area contributed by atoms with E-state index in [1.807, 2.05) is 6.92 Å². The lowest BCUT2D eigenvalue weighted by atomic mass is 9.94. The number of carbonyl (C=O) groups excluding carboxylic acids is 3. The Bertz CT molecular complexity index is 1250. The predicted octanol–water partition coefficient (Wildman–Crippen LogP) is 2.05. The zero-order chi connectivity index (χ0) is 27.0. The third-order valence-electron chi connectivity index (χ3n) is 8.01. The van der Waals surface area contributed by atoms with E-state index in [9.17, 15) is 24.5 Å². The highest BCUT2D eigenvalue weighted by Gasteiger charge is 2.48. The molecule has 1 N–H and O–H groups in total. The van der Waals surface area contributed by atoms with Crippen molar-refractivity contribution in [2.45, 2.75) is 57.7 Å². The topological polar surface area (TPSA) is 134 Å². The SMILES string of the molecule is CCN1C(=O)c2cc(C(=O)N3CCN(c4ccc([N+](=O)[O-])cc4)CC3)nn2CC1(C)C(=O)NC1CCCC1. The van der Waals surface area contributed by atoms with Crippen LogP contribution in [0.5, 0.6) is 0 Å². The molecule has 1 aromatic heterocycles. The highest BCUT2D eigenvalue weighted by atomic mass is 16.6. The van der Waals surface area contributed by atoms with Gasteiger partial charge in [0, 0.05) is 62.7 Å². The van der Waals surface area contributed by atoms with Gasteiger partial charge in [-0.1, -0.05) is 12.8 Å². The van der Waals surface area contributed by atoms with E-state index in [0.717, 1.165) is 31.4 Å². The molecule has 1 saturated heterocycles. The van der Waals surface area contributed by atoms with Crippen LogP contribution in [0.2, 0.25) is 0 Å². The van der Waals surface area contributed by atoms with E-state index in [0.29, 0.717) is 38.4 Å². The number of hydrogen-bond acceptors (Lipinski definition) is 7. The minimum atomic E-state index is -1.09. The molecule has 1 aliphatic carbocycles. The maximum absolute atomic E-state index is 13.4. The molecule has 0 spiro atoms. The Hall–Kier alpha value is -3.96. The average Bonchev–Trinajstić information content (AvgIpc) is 3.59. The number of non-ortho nitro benzene ring substituents is 1. The number of benzene rings is 1. The number of rotatable bonds is 6. The number of likely N-dealkylation sites (N-methyl/N-ethyl adjacent to an activating group) is 1. The molecule has 3 heterocycles. The number of nitro groups is 1. The van der Waals surface area contributed by atoms with E-state index in [1.54, 1.807) is 28.9 Å². The number of hydrogen-bond donors (Lipinski definition) is 1. The lowest BCUT2D eigenvalue weighted by molar-refractivity contribution is -0.384. The lowest BCUT2D eigenvalue weighted by Crippen LogP contribution is -2.64. The van der Waals surface area contributed by atoms with Gasteiger partial charge < -0.3 is 20.0 Å². The van der Waals surface area contributed by atoms with Crippen molar-refractivity contribution in [1.29, 1.82) is 0 Å². The van der Waals surface area contributed by atoms with Gasteiger partial charge in [-0.15, -0.1) is 0 Å². The van der Waals surface area contributed by atoms with Crippen LogP contribution in [0.4, 0.5) is 11.4 Å². The monoisotopic (exact) mass is 523 g/mol. The fraction of sp³-hybridized carbons (Fsp3) is 0.538. The molecule has 3 aliphatic rings. The average molecular weight is 524 g/mol. The molecule has 12 nitrogen and oxygen atoms in total. The number of carbonyl (C=O) groups is 3. The number of aromatic nitrogens is 2. The van der Waals surface area contributed by atoms with Crippen LogP contribution in [0.15, 0.2) is 30.3 Å². The van der Waals surface area contributed by atoms with Crippen LogP contribution in [0.3, 0.4) is 0 Å². The van der Waals surface area contributed by atoms with Crippen molar-refractivity contribution < 1.29 is 19.3 Å². The summed E-state index contributed by atoms with van der Waals surface area (Å²) in [5.74, 6) is -0.753. The molecule has 1 unspecified atom stereocenters. The molecular formula is C26H33N7O5. The Morgan fingerprint density at radius 2 is 1.79 bits per heavy atom. The normalized spacial score (nSPS) is 21.9. The maximum Gasteiger partial charge on any atom is 0.274 e. The van der Waals surface area contributed by atoms with Crippen molar-refractivity contribution in [3.05, 3.63) is 51.8 Å². The maximum atomic E-state index is 13.4. The van der Waals surface area contributed by atoms with Crippen LogP contribution in [0.25, 0.3) is 0 Å². The Labute approximate surface area is 220 Å². The number of anilines is 1. The van der Waals surface area contributed by atoms with Crippen LogP contribution < -0.4 is 10.2 Å². The van der Waals surface area contributed by atoms with Gasteiger partial charge in [0.2, 0.25) is 5.91 Å². The van der Waals surface area contributed by atoms with Gasteiger partial charge in [0.1, 0.15) is 11.2 Å². The minimum absolute atomic E-state index is 0.0367. The van der Waals surface area contributed by atoms with Crippen LogP contribution in [0.1, 0.15) is 60.5 Å². The molecular weight excluding hydrogens is 490 g/mol. The summed E-state index contributed by atoms with van der Waals surface area (Å²) >= 11 is 0. The highest BCUT2D eigenvalue weighted by Crippen LogP contribution is 2.29. The third kappa shape index (κ3) is 4.59. The van der Waals surface area contributed by atoms with Gasteiger partial charge in [-0.3, -0.25) is 29.2 Å². The fourth-order valence-corrected chi connectivity index (χ4v) is 5.77. The first kappa shape index (κ1) is 25.7. The molecule has 0 radical (unpaired) electrons. The van der Waals surface area contributed by atoms with Gasteiger partial charge in [0.25, 0.3) is 17.5 Å². The summed E-state index contributed by atoms with van der Waals surface area (Å²) < 4.78 is 1.50. The van der Waals surface area contributed by atoms with Gasteiger partial charge >= 0.3 is 0 Å². The molecule has 1 aromatic carbocycles. The zero-order valence-electron chi connectivity index (χ0n) is 21.8. The van der Waals surface area contributed by atoms with E-state index in [4.69, 9.17) is 0 Å². The number of piperazine rings is 1. The fourth-order valence-electron chi connectivity index (χ4n) is 5.77. The van der Waals surface area contributed by atoms with Gasteiger partial charge in [-0.05, 0) is 38.8 Å². The van der Waals surface area contributed by atoms with E-state index >= 15 is 0 Å². The summed E-state index contributed by atoms with van der Waals surface area (Å²) in [4.78, 5) is 55.9. The van der Waals surface area contributed by atoms with Crippen LogP contribution >= 0.6 is 0 Å². The molecule has 1 atom stereocenters. The summed E-state index contributed by atoms with van der Waals surface area (Å²) in [7, 11) is 0. The molecule has 12 heteroatoms. The number of nitrogens with one attached hydrogen (secondary N) is 1. The van der Waals surface area contributed by atoms with Gasteiger partial charge in [0.05, 0.1) is 11.5 Å². The van der Waals surface area contributed by atoms with E-state index in [2.05, 4.69) is 15.3 Å². The number of fused-ring (bicyclic) bond motifs is 1. The molecule has 38 heavy (non-hydrogen) atoms. The largest absolute Gasteiger partial charge is 0.368 e. The molecule has 3 amide bonds.